The number of aryl methyl sites for hydroxylation is 1. The first kappa shape index (κ1) is 13.8. The van der Waals surface area contributed by atoms with E-state index in [-0.39, 0.29) is 5.91 Å². The van der Waals surface area contributed by atoms with Crippen LogP contribution in [0.4, 0.5) is 0 Å². The Bertz CT molecular complexity index is 631. The van der Waals surface area contributed by atoms with Gasteiger partial charge in [0.2, 0.25) is 0 Å². The van der Waals surface area contributed by atoms with Crippen LogP contribution in [-0.4, -0.2) is 5.91 Å². The number of hydrogen-bond donors (Lipinski definition) is 1. The van der Waals surface area contributed by atoms with Crippen molar-refractivity contribution < 1.29 is 4.79 Å². The number of rotatable bonds is 3. The van der Waals surface area contributed by atoms with E-state index in [4.69, 9.17) is 5.26 Å². The molecule has 0 aliphatic carbocycles. The minimum atomic E-state index is -0.619. The highest BCUT2D eigenvalue weighted by Crippen LogP contribution is 2.20. The zero-order chi connectivity index (χ0) is 13.8. The number of nitriles is 1. The third-order valence-corrected chi connectivity index (χ3v) is 4.01. The van der Waals surface area contributed by atoms with Crippen molar-refractivity contribution in [2.75, 3.05) is 0 Å². The molecule has 96 valence electrons. The Morgan fingerprint density at radius 3 is 2.84 bits per heavy atom. The van der Waals surface area contributed by atoms with Gasteiger partial charge in [0.15, 0.2) is 0 Å². The molecule has 1 heterocycles. The summed E-state index contributed by atoms with van der Waals surface area (Å²) in [5.41, 5.74) is 2.41. The van der Waals surface area contributed by atoms with Crippen molar-refractivity contribution in [3.8, 4) is 6.07 Å². The van der Waals surface area contributed by atoms with E-state index in [1.54, 1.807) is 6.07 Å². The van der Waals surface area contributed by atoms with E-state index in [1.807, 2.05) is 35.9 Å². The normalized spacial score (nSPS) is 11.6. The summed E-state index contributed by atoms with van der Waals surface area (Å²) >= 11 is 4.87. The molecule has 1 aromatic heterocycles. The summed E-state index contributed by atoms with van der Waals surface area (Å²) in [6.45, 7) is 1.95. The van der Waals surface area contributed by atoms with Crippen LogP contribution in [0.2, 0.25) is 0 Å². The topological polar surface area (TPSA) is 52.9 Å². The molecule has 3 nitrogen and oxygen atoms in total. The lowest BCUT2D eigenvalue weighted by Crippen LogP contribution is -2.27. The highest BCUT2D eigenvalue weighted by atomic mass is 79.9. The summed E-state index contributed by atoms with van der Waals surface area (Å²) in [5, 5.41) is 15.6. The highest BCUT2D eigenvalue weighted by Gasteiger charge is 2.17. The summed E-state index contributed by atoms with van der Waals surface area (Å²) in [4.78, 5) is 12.2. The number of thiophene rings is 1. The summed E-state index contributed by atoms with van der Waals surface area (Å²) < 4.78 is 0.729. The van der Waals surface area contributed by atoms with Gasteiger partial charge in [-0.2, -0.15) is 16.6 Å². The molecule has 0 saturated heterocycles. The van der Waals surface area contributed by atoms with Gasteiger partial charge in [0, 0.05) is 4.47 Å². The van der Waals surface area contributed by atoms with Gasteiger partial charge >= 0.3 is 0 Å². The van der Waals surface area contributed by atoms with Crippen LogP contribution in [0.3, 0.4) is 0 Å². The molecular weight excluding hydrogens is 324 g/mol. The van der Waals surface area contributed by atoms with E-state index in [1.165, 1.54) is 11.3 Å². The first-order valence-electron chi connectivity index (χ1n) is 5.60. The van der Waals surface area contributed by atoms with Crippen LogP contribution in [0.15, 0.2) is 39.5 Å². The average Bonchev–Trinajstić information content (AvgIpc) is 2.89. The molecular formula is C14H11BrN2OS. The van der Waals surface area contributed by atoms with Crippen molar-refractivity contribution in [3.63, 3.8) is 0 Å². The van der Waals surface area contributed by atoms with Gasteiger partial charge in [-0.25, -0.2) is 0 Å². The van der Waals surface area contributed by atoms with Crippen LogP contribution in [0.25, 0.3) is 0 Å². The quantitative estimate of drug-likeness (QED) is 0.927. The molecule has 2 rings (SSSR count). The fourth-order valence-electron chi connectivity index (χ4n) is 1.64. The fraction of sp³-hybridized carbons (Fsp3) is 0.143. The summed E-state index contributed by atoms with van der Waals surface area (Å²) in [6, 6.07) is 8.80. The second-order valence-corrected chi connectivity index (χ2v) is 5.71. The van der Waals surface area contributed by atoms with Crippen molar-refractivity contribution in [1.29, 1.82) is 5.26 Å². The van der Waals surface area contributed by atoms with Crippen molar-refractivity contribution in [2.24, 2.45) is 0 Å². The lowest BCUT2D eigenvalue weighted by molar-refractivity contribution is 0.0944. The monoisotopic (exact) mass is 334 g/mol. The Balaban J connectivity index is 2.19. The molecule has 1 unspecified atom stereocenters. The van der Waals surface area contributed by atoms with Crippen molar-refractivity contribution in [1.82, 2.24) is 5.32 Å². The molecule has 1 N–H and O–H groups in total. The molecule has 5 heteroatoms. The predicted molar refractivity (Wildman–Crippen MR) is 79.0 cm³/mol. The lowest BCUT2D eigenvalue weighted by atomic mass is 10.1. The van der Waals surface area contributed by atoms with Gasteiger partial charge in [0.05, 0.1) is 11.6 Å². The molecule has 0 saturated carbocycles. The third-order valence-electron chi connectivity index (χ3n) is 2.65. The van der Waals surface area contributed by atoms with E-state index in [9.17, 15) is 4.79 Å². The Morgan fingerprint density at radius 2 is 2.26 bits per heavy atom. The molecule has 0 aliphatic heterocycles. The highest BCUT2D eigenvalue weighted by molar-refractivity contribution is 9.10. The van der Waals surface area contributed by atoms with Crippen molar-refractivity contribution in [3.05, 3.63) is 56.2 Å². The fourth-order valence-corrected chi connectivity index (χ4v) is 3.00. The van der Waals surface area contributed by atoms with E-state index in [0.29, 0.717) is 5.56 Å². The van der Waals surface area contributed by atoms with Gasteiger partial charge < -0.3 is 5.32 Å². The molecule has 1 aromatic carbocycles. The third kappa shape index (κ3) is 3.22. The molecule has 0 bridgehead atoms. The molecule has 2 aromatic rings. The Morgan fingerprint density at radius 1 is 1.47 bits per heavy atom. The van der Waals surface area contributed by atoms with Gasteiger partial charge in [-0.1, -0.05) is 6.07 Å². The number of carbonyl (C=O) groups excluding carboxylic acids is 1. The SMILES string of the molecule is Cc1ccc(C(=O)NC(C#N)c2ccsc2)c(Br)c1. The number of halogens is 1. The number of carbonyl (C=O) groups is 1. The summed E-state index contributed by atoms with van der Waals surface area (Å²) in [7, 11) is 0. The van der Waals surface area contributed by atoms with E-state index in [0.717, 1.165) is 15.6 Å². The second kappa shape index (κ2) is 6.00. The standard InChI is InChI=1S/C14H11BrN2OS/c1-9-2-3-11(12(15)6-9)14(18)17-13(7-16)10-4-5-19-8-10/h2-6,8,13H,1H3,(H,17,18). The van der Waals surface area contributed by atoms with Crippen LogP contribution in [-0.2, 0) is 0 Å². The van der Waals surface area contributed by atoms with Crippen LogP contribution in [0, 0.1) is 18.3 Å². The number of nitrogens with zero attached hydrogens (tertiary/aromatic N) is 1. The molecule has 0 fully saturated rings. The zero-order valence-electron chi connectivity index (χ0n) is 10.2. The van der Waals surface area contributed by atoms with Crippen molar-refractivity contribution >= 4 is 33.2 Å². The van der Waals surface area contributed by atoms with Crippen LogP contribution in [0.5, 0.6) is 0 Å². The minimum Gasteiger partial charge on any atom is -0.332 e. The summed E-state index contributed by atoms with van der Waals surface area (Å²) in [6.07, 6.45) is 0. The van der Waals surface area contributed by atoms with Crippen molar-refractivity contribution in [2.45, 2.75) is 13.0 Å². The average molecular weight is 335 g/mol. The Kier molecular flexibility index (Phi) is 4.35. The first-order valence-corrected chi connectivity index (χ1v) is 7.34. The largest absolute Gasteiger partial charge is 0.332 e. The van der Waals surface area contributed by atoms with E-state index < -0.39 is 6.04 Å². The smallest absolute Gasteiger partial charge is 0.253 e. The molecule has 0 radical (unpaired) electrons. The maximum Gasteiger partial charge on any atom is 0.253 e. The van der Waals surface area contributed by atoms with Crippen LogP contribution in [0.1, 0.15) is 27.5 Å². The predicted octanol–water partition coefficient (Wildman–Crippen LogP) is 3.81. The molecule has 19 heavy (non-hydrogen) atoms. The van der Waals surface area contributed by atoms with Crippen LogP contribution < -0.4 is 5.32 Å². The zero-order valence-corrected chi connectivity index (χ0v) is 12.6. The summed E-state index contributed by atoms with van der Waals surface area (Å²) in [5.74, 6) is -0.260. The number of benzene rings is 1. The van der Waals surface area contributed by atoms with Gasteiger partial charge in [-0.3, -0.25) is 4.79 Å². The molecule has 1 atom stereocenters. The van der Waals surface area contributed by atoms with Gasteiger partial charge in [-0.15, -0.1) is 0 Å². The van der Waals surface area contributed by atoms with Crippen LogP contribution >= 0.6 is 27.3 Å². The van der Waals surface area contributed by atoms with Gasteiger partial charge in [-0.05, 0) is 62.9 Å². The minimum absolute atomic E-state index is 0.260. The molecule has 0 spiro atoms. The molecule has 0 aliphatic rings. The first-order chi connectivity index (χ1) is 9.11. The number of hydrogen-bond acceptors (Lipinski definition) is 3. The van der Waals surface area contributed by atoms with E-state index >= 15 is 0 Å². The number of nitrogens with one attached hydrogen (secondary N) is 1. The molecule has 1 amide bonds. The second-order valence-electron chi connectivity index (χ2n) is 4.08. The van der Waals surface area contributed by atoms with Gasteiger partial charge in [0.1, 0.15) is 6.04 Å². The maximum atomic E-state index is 12.2. The Hall–Kier alpha value is -1.64. The van der Waals surface area contributed by atoms with E-state index in [2.05, 4.69) is 27.3 Å². The Labute approximate surface area is 124 Å². The maximum absolute atomic E-state index is 12.2. The van der Waals surface area contributed by atoms with Gasteiger partial charge in [0.25, 0.3) is 5.91 Å². The lowest BCUT2D eigenvalue weighted by Gasteiger charge is -2.11. The number of amides is 1.